The van der Waals surface area contributed by atoms with Crippen LogP contribution in [0.3, 0.4) is 0 Å². The first-order valence-electron chi connectivity index (χ1n) is 4.67. The lowest BCUT2D eigenvalue weighted by Crippen LogP contribution is -2.19. The molecule has 0 saturated carbocycles. The van der Waals surface area contributed by atoms with Gasteiger partial charge in [-0.15, -0.1) is 0 Å². The molecule has 74 valence electrons. The Morgan fingerprint density at radius 3 is 2.64 bits per heavy atom. The highest BCUT2D eigenvalue weighted by Gasteiger charge is 2.21. The third kappa shape index (κ3) is 2.07. The second-order valence-electron chi connectivity index (χ2n) is 3.46. The van der Waals surface area contributed by atoms with E-state index in [2.05, 4.69) is 0 Å². The SMILES string of the molecule is O=C1C[C@H](c2ccc(Cl)cc2)CCO1. The van der Waals surface area contributed by atoms with E-state index in [0.29, 0.717) is 18.9 Å². The second-order valence-corrected chi connectivity index (χ2v) is 3.90. The fraction of sp³-hybridized carbons (Fsp3) is 0.364. The lowest BCUT2D eigenvalue weighted by Gasteiger charge is -2.21. The van der Waals surface area contributed by atoms with Crippen molar-refractivity contribution in [1.82, 2.24) is 0 Å². The van der Waals surface area contributed by atoms with E-state index in [1.165, 1.54) is 5.56 Å². The number of carbonyl (C=O) groups excluding carboxylic acids is 1. The number of halogens is 1. The predicted molar refractivity (Wildman–Crippen MR) is 54.4 cm³/mol. The van der Waals surface area contributed by atoms with Gasteiger partial charge in [0.25, 0.3) is 0 Å². The van der Waals surface area contributed by atoms with Crippen LogP contribution < -0.4 is 0 Å². The minimum atomic E-state index is -0.101. The Balaban J connectivity index is 2.14. The lowest BCUT2D eigenvalue weighted by atomic mass is 9.92. The Morgan fingerprint density at radius 1 is 1.29 bits per heavy atom. The van der Waals surface area contributed by atoms with Crippen LogP contribution in [0.1, 0.15) is 24.3 Å². The molecule has 2 rings (SSSR count). The highest BCUT2D eigenvalue weighted by Crippen LogP contribution is 2.28. The molecular weight excluding hydrogens is 200 g/mol. The minimum absolute atomic E-state index is 0.101. The molecule has 1 atom stereocenters. The van der Waals surface area contributed by atoms with Crippen LogP contribution in [-0.2, 0) is 9.53 Å². The van der Waals surface area contributed by atoms with Gasteiger partial charge in [-0.25, -0.2) is 0 Å². The molecule has 0 spiro atoms. The normalized spacial score (nSPS) is 21.8. The van der Waals surface area contributed by atoms with Gasteiger partial charge < -0.3 is 4.74 Å². The summed E-state index contributed by atoms with van der Waals surface area (Å²) in [5.74, 6) is 0.199. The topological polar surface area (TPSA) is 26.3 Å². The zero-order chi connectivity index (χ0) is 9.97. The molecule has 1 aromatic rings. The summed E-state index contributed by atoms with van der Waals surface area (Å²) in [5, 5.41) is 0.729. The number of benzene rings is 1. The summed E-state index contributed by atoms with van der Waals surface area (Å²) in [6.07, 6.45) is 1.40. The van der Waals surface area contributed by atoms with Crippen LogP contribution in [0.5, 0.6) is 0 Å². The molecule has 0 aromatic heterocycles. The molecule has 14 heavy (non-hydrogen) atoms. The molecule has 1 saturated heterocycles. The van der Waals surface area contributed by atoms with Crippen molar-refractivity contribution < 1.29 is 9.53 Å². The van der Waals surface area contributed by atoms with E-state index in [4.69, 9.17) is 16.3 Å². The Bertz CT molecular complexity index is 332. The van der Waals surface area contributed by atoms with Gasteiger partial charge in [-0.3, -0.25) is 4.79 Å². The Morgan fingerprint density at radius 2 is 2.00 bits per heavy atom. The van der Waals surface area contributed by atoms with E-state index < -0.39 is 0 Å². The molecule has 1 aromatic carbocycles. The van der Waals surface area contributed by atoms with Gasteiger partial charge in [0.1, 0.15) is 0 Å². The van der Waals surface area contributed by atoms with Gasteiger partial charge in [-0.2, -0.15) is 0 Å². The van der Waals surface area contributed by atoms with Crippen LogP contribution in [0.4, 0.5) is 0 Å². The van der Waals surface area contributed by atoms with Crippen molar-refractivity contribution in [3.05, 3.63) is 34.9 Å². The molecule has 0 radical (unpaired) electrons. The van der Waals surface area contributed by atoms with E-state index in [-0.39, 0.29) is 5.97 Å². The largest absolute Gasteiger partial charge is 0.466 e. The van der Waals surface area contributed by atoms with Gasteiger partial charge in [0.2, 0.25) is 0 Å². The molecule has 1 aliphatic heterocycles. The number of carbonyl (C=O) groups is 1. The summed E-state index contributed by atoms with van der Waals surface area (Å²) in [7, 11) is 0. The van der Waals surface area contributed by atoms with E-state index in [9.17, 15) is 4.79 Å². The van der Waals surface area contributed by atoms with Crippen molar-refractivity contribution in [3.63, 3.8) is 0 Å². The average Bonchev–Trinajstić information content (AvgIpc) is 2.19. The third-order valence-electron chi connectivity index (χ3n) is 2.48. The van der Waals surface area contributed by atoms with Crippen molar-refractivity contribution in [2.45, 2.75) is 18.8 Å². The van der Waals surface area contributed by atoms with Crippen LogP contribution in [0.15, 0.2) is 24.3 Å². The third-order valence-corrected chi connectivity index (χ3v) is 2.74. The quantitative estimate of drug-likeness (QED) is 0.667. The average molecular weight is 211 g/mol. The molecule has 0 unspecified atom stereocenters. The van der Waals surface area contributed by atoms with Gasteiger partial charge in [0.15, 0.2) is 0 Å². The number of hydrogen-bond donors (Lipinski definition) is 0. The summed E-state index contributed by atoms with van der Waals surface area (Å²) in [6.45, 7) is 0.534. The molecule has 1 aliphatic rings. The van der Waals surface area contributed by atoms with Gasteiger partial charge in [0.05, 0.1) is 13.0 Å². The fourth-order valence-electron chi connectivity index (χ4n) is 1.70. The van der Waals surface area contributed by atoms with Gasteiger partial charge >= 0.3 is 5.97 Å². The lowest BCUT2D eigenvalue weighted by molar-refractivity contribution is -0.147. The summed E-state index contributed by atoms with van der Waals surface area (Å²) in [6, 6.07) is 7.67. The van der Waals surface area contributed by atoms with Gasteiger partial charge in [-0.1, -0.05) is 23.7 Å². The Labute approximate surface area is 87.8 Å². The molecule has 1 fully saturated rings. The fourth-order valence-corrected chi connectivity index (χ4v) is 1.82. The molecule has 0 amide bonds. The van der Waals surface area contributed by atoms with E-state index in [0.717, 1.165) is 11.4 Å². The van der Waals surface area contributed by atoms with Gasteiger partial charge in [-0.05, 0) is 30.0 Å². The van der Waals surface area contributed by atoms with Crippen molar-refractivity contribution in [3.8, 4) is 0 Å². The minimum Gasteiger partial charge on any atom is -0.466 e. The van der Waals surface area contributed by atoms with Crippen LogP contribution in [0.25, 0.3) is 0 Å². The number of cyclic esters (lactones) is 1. The summed E-state index contributed by atoms with van der Waals surface area (Å²) < 4.78 is 4.89. The summed E-state index contributed by atoms with van der Waals surface area (Å²) >= 11 is 5.79. The van der Waals surface area contributed by atoms with Crippen molar-refractivity contribution in [2.24, 2.45) is 0 Å². The molecule has 2 nitrogen and oxygen atoms in total. The maximum Gasteiger partial charge on any atom is 0.306 e. The molecular formula is C11H11ClO2. The van der Waals surface area contributed by atoms with E-state index in [1.54, 1.807) is 0 Å². The smallest absolute Gasteiger partial charge is 0.306 e. The number of rotatable bonds is 1. The molecule has 1 heterocycles. The van der Waals surface area contributed by atoms with Gasteiger partial charge in [0, 0.05) is 5.02 Å². The van der Waals surface area contributed by atoms with Crippen molar-refractivity contribution in [2.75, 3.05) is 6.61 Å². The first-order valence-corrected chi connectivity index (χ1v) is 5.04. The molecule has 0 aliphatic carbocycles. The molecule has 0 bridgehead atoms. The zero-order valence-electron chi connectivity index (χ0n) is 7.70. The molecule has 0 N–H and O–H groups in total. The number of hydrogen-bond acceptors (Lipinski definition) is 2. The van der Waals surface area contributed by atoms with Crippen LogP contribution in [0, 0.1) is 0 Å². The van der Waals surface area contributed by atoms with Crippen molar-refractivity contribution in [1.29, 1.82) is 0 Å². The van der Waals surface area contributed by atoms with Crippen molar-refractivity contribution >= 4 is 17.6 Å². The maximum absolute atomic E-state index is 11.1. The highest BCUT2D eigenvalue weighted by molar-refractivity contribution is 6.30. The Hall–Kier alpha value is -1.02. The monoisotopic (exact) mass is 210 g/mol. The Kier molecular flexibility index (Phi) is 2.73. The summed E-state index contributed by atoms with van der Waals surface area (Å²) in [4.78, 5) is 11.1. The number of ether oxygens (including phenoxy) is 1. The second kappa shape index (κ2) is 4.01. The van der Waals surface area contributed by atoms with Crippen LogP contribution in [-0.4, -0.2) is 12.6 Å². The van der Waals surface area contributed by atoms with Crippen LogP contribution in [0.2, 0.25) is 5.02 Å². The molecule has 3 heteroatoms. The maximum atomic E-state index is 11.1. The van der Waals surface area contributed by atoms with E-state index >= 15 is 0 Å². The first-order chi connectivity index (χ1) is 6.75. The highest BCUT2D eigenvalue weighted by atomic mass is 35.5. The zero-order valence-corrected chi connectivity index (χ0v) is 8.46. The standard InChI is InChI=1S/C11H11ClO2/c12-10-3-1-8(2-4-10)9-5-6-14-11(13)7-9/h1-4,9H,5-7H2/t9-/m1/s1. The first kappa shape index (κ1) is 9.53. The van der Waals surface area contributed by atoms with Crippen LogP contribution >= 0.6 is 11.6 Å². The predicted octanol–water partition coefficient (Wildman–Crippen LogP) is 2.76. The van der Waals surface area contributed by atoms with E-state index in [1.807, 2.05) is 24.3 Å². The summed E-state index contributed by atoms with van der Waals surface area (Å²) in [5.41, 5.74) is 1.17. The number of esters is 1.